The Morgan fingerprint density at radius 1 is 1.36 bits per heavy atom. The molecular weight excluding hydrogens is 318 g/mol. The van der Waals surface area contributed by atoms with Crippen molar-refractivity contribution in [2.75, 3.05) is 47.1 Å². The van der Waals surface area contributed by atoms with Gasteiger partial charge in [-0.05, 0) is 24.5 Å². The Balaban J connectivity index is 1.65. The van der Waals surface area contributed by atoms with Gasteiger partial charge in [-0.25, -0.2) is 0 Å². The molecule has 1 aromatic carbocycles. The Labute approximate surface area is 151 Å². The molecule has 0 radical (unpaired) electrons. The molecule has 0 aromatic heterocycles. The highest BCUT2D eigenvalue weighted by atomic mass is 16.5. The molecule has 0 aliphatic carbocycles. The number of ether oxygens (including phenoxy) is 3. The first kappa shape index (κ1) is 19.5. The molecule has 1 fully saturated rings. The highest BCUT2D eigenvalue weighted by Crippen LogP contribution is 2.25. The van der Waals surface area contributed by atoms with Gasteiger partial charge in [-0.3, -0.25) is 4.99 Å². The van der Waals surface area contributed by atoms with Crippen molar-refractivity contribution in [3.63, 3.8) is 0 Å². The minimum Gasteiger partial charge on any atom is -0.496 e. The van der Waals surface area contributed by atoms with Crippen molar-refractivity contribution in [2.24, 2.45) is 4.99 Å². The van der Waals surface area contributed by atoms with Crippen LogP contribution >= 0.6 is 0 Å². The minimum absolute atomic E-state index is 0.277. The Morgan fingerprint density at radius 2 is 2.20 bits per heavy atom. The predicted molar refractivity (Wildman–Crippen MR) is 101 cm³/mol. The molecule has 1 aromatic rings. The first-order valence-corrected chi connectivity index (χ1v) is 9.01. The van der Waals surface area contributed by atoms with Crippen LogP contribution in [0.15, 0.2) is 29.3 Å². The van der Waals surface area contributed by atoms with Gasteiger partial charge in [0, 0.05) is 39.3 Å². The largest absolute Gasteiger partial charge is 0.496 e. The number of rotatable bonds is 9. The second kappa shape index (κ2) is 10.9. The SMILES string of the molecule is CN=C(NCCCOC1CCOC1)NCC(C)c1ccccc1OC. The molecule has 6 nitrogen and oxygen atoms in total. The van der Waals surface area contributed by atoms with Gasteiger partial charge in [0.15, 0.2) is 5.96 Å². The van der Waals surface area contributed by atoms with E-state index in [1.165, 1.54) is 5.56 Å². The van der Waals surface area contributed by atoms with Gasteiger partial charge in [0.05, 0.1) is 19.8 Å². The lowest BCUT2D eigenvalue weighted by Gasteiger charge is -2.18. The van der Waals surface area contributed by atoms with E-state index in [9.17, 15) is 0 Å². The minimum atomic E-state index is 0.277. The fraction of sp³-hybridized carbons (Fsp3) is 0.632. The Kier molecular flexibility index (Phi) is 8.55. The highest BCUT2D eigenvalue weighted by molar-refractivity contribution is 5.79. The van der Waals surface area contributed by atoms with Crippen molar-refractivity contribution in [2.45, 2.75) is 31.8 Å². The molecule has 140 valence electrons. The Bertz CT molecular complexity index is 530. The summed E-state index contributed by atoms with van der Waals surface area (Å²) in [6, 6.07) is 8.12. The first-order chi connectivity index (χ1) is 12.2. The van der Waals surface area contributed by atoms with Gasteiger partial charge < -0.3 is 24.8 Å². The molecule has 2 N–H and O–H groups in total. The lowest BCUT2D eigenvalue weighted by molar-refractivity contribution is 0.0420. The van der Waals surface area contributed by atoms with Crippen LogP contribution in [0.4, 0.5) is 0 Å². The van der Waals surface area contributed by atoms with Crippen LogP contribution in [0, 0.1) is 0 Å². The van der Waals surface area contributed by atoms with E-state index in [0.717, 1.165) is 57.5 Å². The fourth-order valence-electron chi connectivity index (χ4n) is 2.83. The Hall–Kier alpha value is -1.79. The number of benzene rings is 1. The zero-order chi connectivity index (χ0) is 17.9. The second-order valence-corrected chi connectivity index (χ2v) is 6.23. The van der Waals surface area contributed by atoms with Gasteiger partial charge in [0.2, 0.25) is 0 Å². The van der Waals surface area contributed by atoms with E-state index in [0.29, 0.717) is 5.92 Å². The van der Waals surface area contributed by atoms with Gasteiger partial charge in [-0.1, -0.05) is 25.1 Å². The molecule has 1 aliphatic heterocycles. The average Bonchev–Trinajstić information content (AvgIpc) is 3.17. The monoisotopic (exact) mass is 349 g/mol. The van der Waals surface area contributed by atoms with Crippen LogP contribution < -0.4 is 15.4 Å². The van der Waals surface area contributed by atoms with Gasteiger partial charge >= 0.3 is 0 Å². The van der Waals surface area contributed by atoms with Gasteiger partial charge in [-0.15, -0.1) is 0 Å². The van der Waals surface area contributed by atoms with Crippen molar-refractivity contribution >= 4 is 5.96 Å². The molecule has 6 heteroatoms. The number of hydrogen-bond donors (Lipinski definition) is 2. The molecular formula is C19H31N3O3. The van der Waals surface area contributed by atoms with Crippen molar-refractivity contribution in [3.05, 3.63) is 29.8 Å². The summed E-state index contributed by atoms with van der Waals surface area (Å²) >= 11 is 0. The molecule has 2 rings (SSSR count). The molecule has 2 atom stereocenters. The lowest BCUT2D eigenvalue weighted by atomic mass is 10.0. The van der Waals surface area contributed by atoms with E-state index in [-0.39, 0.29) is 6.10 Å². The third-order valence-electron chi connectivity index (χ3n) is 4.32. The summed E-state index contributed by atoms with van der Waals surface area (Å²) in [7, 11) is 3.49. The maximum atomic E-state index is 5.76. The summed E-state index contributed by atoms with van der Waals surface area (Å²) in [6.07, 6.45) is 2.23. The molecule has 1 heterocycles. The van der Waals surface area contributed by atoms with E-state index in [4.69, 9.17) is 14.2 Å². The zero-order valence-electron chi connectivity index (χ0n) is 15.6. The van der Waals surface area contributed by atoms with Crippen molar-refractivity contribution in [1.29, 1.82) is 0 Å². The molecule has 0 amide bonds. The maximum absolute atomic E-state index is 5.76. The summed E-state index contributed by atoms with van der Waals surface area (Å²) in [5.41, 5.74) is 1.19. The number of aliphatic imine (C=N–C) groups is 1. The normalized spacial score (nSPS) is 18.8. The molecule has 2 unspecified atom stereocenters. The number of nitrogens with zero attached hydrogens (tertiary/aromatic N) is 1. The standard InChI is InChI=1S/C19H31N3O3/c1-15(17-7-4-5-8-18(17)23-3)13-22-19(20-2)21-10-6-11-25-16-9-12-24-14-16/h4-5,7-8,15-16H,6,9-14H2,1-3H3,(H2,20,21,22). The van der Waals surface area contributed by atoms with Crippen LogP contribution in [0.3, 0.4) is 0 Å². The van der Waals surface area contributed by atoms with Crippen molar-refractivity contribution in [1.82, 2.24) is 10.6 Å². The van der Waals surface area contributed by atoms with E-state index in [1.54, 1.807) is 14.2 Å². The quantitative estimate of drug-likeness (QED) is 0.406. The summed E-state index contributed by atoms with van der Waals surface area (Å²) in [5, 5.41) is 6.70. The third kappa shape index (κ3) is 6.55. The topological polar surface area (TPSA) is 64.1 Å². The van der Waals surface area contributed by atoms with Crippen molar-refractivity contribution in [3.8, 4) is 5.75 Å². The van der Waals surface area contributed by atoms with Gasteiger partial charge in [-0.2, -0.15) is 0 Å². The van der Waals surface area contributed by atoms with E-state index in [1.807, 2.05) is 18.2 Å². The zero-order valence-corrected chi connectivity index (χ0v) is 15.6. The molecule has 0 bridgehead atoms. The number of hydrogen-bond acceptors (Lipinski definition) is 4. The second-order valence-electron chi connectivity index (χ2n) is 6.23. The first-order valence-electron chi connectivity index (χ1n) is 9.01. The van der Waals surface area contributed by atoms with E-state index < -0.39 is 0 Å². The number of guanidine groups is 1. The average molecular weight is 349 g/mol. The summed E-state index contributed by atoms with van der Waals surface area (Å²) in [4.78, 5) is 4.27. The molecule has 0 saturated carbocycles. The summed E-state index contributed by atoms with van der Waals surface area (Å²) < 4.78 is 16.5. The lowest BCUT2D eigenvalue weighted by Crippen LogP contribution is -2.39. The van der Waals surface area contributed by atoms with Gasteiger partial charge in [0.25, 0.3) is 0 Å². The smallest absolute Gasteiger partial charge is 0.190 e. The molecule has 0 spiro atoms. The van der Waals surface area contributed by atoms with E-state index in [2.05, 4.69) is 28.6 Å². The third-order valence-corrected chi connectivity index (χ3v) is 4.32. The van der Waals surface area contributed by atoms with Crippen LogP contribution in [0.5, 0.6) is 5.75 Å². The van der Waals surface area contributed by atoms with E-state index >= 15 is 0 Å². The van der Waals surface area contributed by atoms with Gasteiger partial charge in [0.1, 0.15) is 5.75 Å². The van der Waals surface area contributed by atoms with Crippen LogP contribution in [-0.2, 0) is 9.47 Å². The maximum Gasteiger partial charge on any atom is 0.190 e. The number of para-hydroxylation sites is 1. The molecule has 1 saturated heterocycles. The summed E-state index contributed by atoms with van der Waals surface area (Å²) in [6.45, 7) is 6.10. The number of nitrogens with one attached hydrogen (secondary N) is 2. The highest BCUT2D eigenvalue weighted by Gasteiger charge is 2.15. The van der Waals surface area contributed by atoms with Crippen LogP contribution in [0.25, 0.3) is 0 Å². The molecule has 1 aliphatic rings. The summed E-state index contributed by atoms with van der Waals surface area (Å²) in [5.74, 6) is 2.05. The Morgan fingerprint density at radius 3 is 2.92 bits per heavy atom. The van der Waals surface area contributed by atoms with Crippen LogP contribution in [0.2, 0.25) is 0 Å². The van der Waals surface area contributed by atoms with Crippen LogP contribution in [0.1, 0.15) is 31.2 Å². The fourth-order valence-corrected chi connectivity index (χ4v) is 2.83. The predicted octanol–water partition coefficient (Wildman–Crippen LogP) is 2.16. The number of methoxy groups -OCH3 is 1. The van der Waals surface area contributed by atoms with Crippen LogP contribution in [-0.4, -0.2) is 59.1 Å². The molecule has 25 heavy (non-hydrogen) atoms. The van der Waals surface area contributed by atoms with Crippen molar-refractivity contribution < 1.29 is 14.2 Å².